The summed E-state index contributed by atoms with van der Waals surface area (Å²) in [7, 11) is 0.532. The Hall–Kier alpha value is -2.04. The highest BCUT2D eigenvalue weighted by atomic mass is 32.2. The number of rotatable bonds is 5. The van der Waals surface area contributed by atoms with Gasteiger partial charge < -0.3 is 15.4 Å². The fourth-order valence-corrected chi connectivity index (χ4v) is 4.25. The van der Waals surface area contributed by atoms with Crippen LogP contribution in [0.1, 0.15) is 30.7 Å². The first-order valence-corrected chi connectivity index (χ1v) is 10.1. The Labute approximate surface area is 165 Å². The molecule has 1 aromatic rings. The van der Waals surface area contributed by atoms with Gasteiger partial charge in [0.25, 0.3) is 0 Å². The van der Waals surface area contributed by atoms with Gasteiger partial charge in [0.05, 0.1) is 7.11 Å². The molecular weight excluding hydrogens is 388 g/mol. The highest BCUT2D eigenvalue weighted by Crippen LogP contribution is 2.57. The first kappa shape index (κ1) is 19.7. The molecule has 3 rings (SSSR count). The molecule has 2 fully saturated rings. The molecule has 0 aromatic heterocycles. The molecule has 0 bridgehead atoms. The number of nitrogens with zero attached hydrogens (tertiary/aromatic N) is 2. The molecule has 1 heterocycles. The van der Waals surface area contributed by atoms with Gasteiger partial charge in [0, 0.05) is 13.0 Å². The largest absolute Gasteiger partial charge is 0.494 e. The van der Waals surface area contributed by atoms with E-state index in [0.29, 0.717) is 12.2 Å². The van der Waals surface area contributed by atoms with Crippen LogP contribution in [0.15, 0.2) is 22.6 Å². The smallest absolute Gasteiger partial charge is 0.316 e. The van der Waals surface area contributed by atoms with Crippen molar-refractivity contribution in [1.29, 1.82) is 0 Å². The van der Waals surface area contributed by atoms with Gasteiger partial charge in [-0.05, 0) is 62.3 Å². The summed E-state index contributed by atoms with van der Waals surface area (Å²) in [5.41, 5.74) is 0.425. The van der Waals surface area contributed by atoms with Crippen LogP contribution in [0.3, 0.4) is 0 Å². The van der Waals surface area contributed by atoms with Crippen LogP contribution in [0.5, 0.6) is 5.75 Å². The zero-order chi connectivity index (χ0) is 19.6. The molecule has 2 aliphatic rings. The predicted molar refractivity (Wildman–Crippen MR) is 105 cm³/mol. The van der Waals surface area contributed by atoms with Crippen molar-refractivity contribution in [3.8, 4) is 5.75 Å². The lowest BCUT2D eigenvalue weighted by Gasteiger charge is -2.28. The van der Waals surface area contributed by atoms with E-state index in [0.717, 1.165) is 31.5 Å². The molecular formula is C17H22N4O4S2. The van der Waals surface area contributed by atoms with Crippen molar-refractivity contribution in [1.82, 2.24) is 15.5 Å². The number of thiocarbonyl (C=S) groups is 1. The van der Waals surface area contributed by atoms with Gasteiger partial charge in [-0.2, -0.15) is 8.42 Å². The number of hydrogen-bond donors (Lipinski definition) is 2. The number of carbonyl (C=O) groups is 1. The number of likely N-dealkylation sites (tertiary alicyclic amines) is 1. The van der Waals surface area contributed by atoms with Crippen LogP contribution in [0.4, 0.5) is 5.69 Å². The maximum absolute atomic E-state index is 13.0. The highest BCUT2D eigenvalue weighted by molar-refractivity contribution is 7.80. The number of amides is 1. The maximum Gasteiger partial charge on any atom is 0.316 e. The molecule has 2 N–H and O–H groups in total. The van der Waals surface area contributed by atoms with Crippen LogP contribution in [0.2, 0.25) is 0 Å². The molecule has 1 aromatic carbocycles. The third-order valence-corrected chi connectivity index (χ3v) is 5.88. The average Bonchev–Trinajstić information content (AvgIpc) is 3.16. The van der Waals surface area contributed by atoms with E-state index in [1.807, 2.05) is 6.07 Å². The molecule has 1 aliphatic heterocycles. The van der Waals surface area contributed by atoms with E-state index in [2.05, 4.69) is 19.9 Å². The van der Waals surface area contributed by atoms with E-state index in [9.17, 15) is 13.2 Å². The molecule has 2 unspecified atom stereocenters. The number of methoxy groups -OCH3 is 1. The molecule has 10 heteroatoms. The van der Waals surface area contributed by atoms with E-state index in [-0.39, 0.29) is 22.6 Å². The van der Waals surface area contributed by atoms with Gasteiger partial charge >= 0.3 is 10.5 Å². The van der Waals surface area contributed by atoms with Crippen LogP contribution in [0.25, 0.3) is 0 Å². The summed E-state index contributed by atoms with van der Waals surface area (Å²) in [6.07, 6.45) is 2.75. The molecule has 0 radical (unpaired) electrons. The molecule has 1 aliphatic carbocycles. The van der Waals surface area contributed by atoms with E-state index in [1.165, 1.54) is 7.11 Å². The topological polar surface area (TPSA) is 100 Å². The molecule has 146 valence electrons. The number of nitrogens with one attached hydrogen (secondary N) is 2. The van der Waals surface area contributed by atoms with Crippen molar-refractivity contribution >= 4 is 39.4 Å². The van der Waals surface area contributed by atoms with Crippen molar-refractivity contribution in [2.75, 3.05) is 27.2 Å². The van der Waals surface area contributed by atoms with Gasteiger partial charge in [0.15, 0.2) is 5.11 Å². The fraction of sp³-hybridized carbons (Fsp3) is 0.529. The zero-order valence-corrected chi connectivity index (χ0v) is 16.8. The zero-order valence-electron chi connectivity index (χ0n) is 15.2. The molecule has 8 nitrogen and oxygen atoms in total. The van der Waals surface area contributed by atoms with Crippen molar-refractivity contribution in [3.63, 3.8) is 0 Å². The lowest BCUT2D eigenvalue weighted by Crippen LogP contribution is -2.52. The van der Waals surface area contributed by atoms with Gasteiger partial charge in [-0.3, -0.25) is 9.69 Å². The lowest BCUT2D eigenvalue weighted by atomic mass is 10.0. The standard InChI is InChI=1S/C17H22N4O4S2/c1-18-16(26)19-15(22)17(21-7-3-4-8-21)10-12(17)11-5-6-14(25-2)13(9-11)20-27(23)24/h5-6,9,12H,3-4,7-8,10H2,1-2H3,(H2,18,19,22,26). The second-order valence-corrected chi connectivity index (χ2v) is 7.67. The average molecular weight is 411 g/mol. The van der Waals surface area contributed by atoms with Crippen molar-refractivity contribution in [2.45, 2.75) is 30.7 Å². The van der Waals surface area contributed by atoms with E-state index < -0.39 is 16.0 Å². The predicted octanol–water partition coefficient (Wildman–Crippen LogP) is 1.33. The highest BCUT2D eigenvalue weighted by Gasteiger charge is 2.64. The second kappa shape index (κ2) is 7.91. The third kappa shape index (κ3) is 3.83. The number of ether oxygens (including phenoxy) is 1. The maximum atomic E-state index is 13.0. The second-order valence-electron chi connectivity index (χ2n) is 6.65. The Kier molecular flexibility index (Phi) is 5.78. The third-order valence-electron chi connectivity index (χ3n) is 5.23. The van der Waals surface area contributed by atoms with Gasteiger partial charge in [-0.25, -0.2) is 0 Å². The number of carbonyl (C=O) groups excluding carboxylic acids is 1. The molecule has 1 saturated heterocycles. The van der Waals surface area contributed by atoms with Crippen LogP contribution in [-0.4, -0.2) is 57.1 Å². The molecule has 2 atom stereocenters. The van der Waals surface area contributed by atoms with Crippen molar-refractivity contribution < 1.29 is 17.9 Å². The molecule has 0 spiro atoms. The Bertz CT molecular complexity index is 888. The monoisotopic (exact) mass is 410 g/mol. The molecule has 1 amide bonds. The van der Waals surface area contributed by atoms with Gasteiger partial charge in [0.2, 0.25) is 5.91 Å². The normalized spacial score (nSPS) is 24.1. The summed E-state index contributed by atoms with van der Waals surface area (Å²) in [6, 6.07) is 5.22. The molecule has 1 saturated carbocycles. The summed E-state index contributed by atoms with van der Waals surface area (Å²) in [6.45, 7) is 1.71. The van der Waals surface area contributed by atoms with Gasteiger partial charge in [-0.1, -0.05) is 6.07 Å². The quantitative estimate of drug-likeness (QED) is 0.707. The summed E-state index contributed by atoms with van der Waals surface area (Å²) in [5.74, 6) is 0.182. The van der Waals surface area contributed by atoms with E-state index >= 15 is 0 Å². The van der Waals surface area contributed by atoms with Crippen molar-refractivity contribution in [3.05, 3.63) is 23.8 Å². The Balaban J connectivity index is 1.95. The minimum absolute atomic E-state index is 0.0600. The minimum Gasteiger partial charge on any atom is -0.494 e. The van der Waals surface area contributed by atoms with Crippen LogP contribution in [-0.2, 0) is 15.3 Å². The summed E-state index contributed by atoms with van der Waals surface area (Å²) >= 11 is 5.10. The first-order chi connectivity index (χ1) is 12.9. The van der Waals surface area contributed by atoms with E-state index in [1.54, 1.807) is 19.2 Å². The van der Waals surface area contributed by atoms with Crippen molar-refractivity contribution in [2.24, 2.45) is 4.36 Å². The SMILES string of the molecule is CNC(=S)NC(=O)C1(N2CCCC2)CC1c1ccc(OC)c(N=S(=O)=O)c1. The number of benzene rings is 1. The lowest BCUT2D eigenvalue weighted by molar-refractivity contribution is -0.126. The summed E-state index contributed by atoms with van der Waals surface area (Å²) < 4.78 is 30.8. The Morgan fingerprint density at radius 2 is 2.07 bits per heavy atom. The van der Waals surface area contributed by atoms with Crippen LogP contribution >= 0.6 is 12.2 Å². The number of hydrogen-bond acceptors (Lipinski definition) is 7. The fourth-order valence-electron chi connectivity index (χ4n) is 3.86. The van der Waals surface area contributed by atoms with Crippen LogP contribution in [0, 0.1) is 0 Å². The summed E-state index contributed by atoms with van der Waals surface area (Å²) in [4.78, 5) is 15.2. The van der Waals surface area contributed by atoms with Crippen LogP contribution < -0.4 is 15.4 Å². The van der Waals surface area contributed by atoms with Gasteiger partial charge in [0.1, 0.15) is 17.0 Å². The Morgan fingerprint density at radius 3 is 2.67 bits per heavy atom. The first-order valence-electron chi connectivity index (χ1n) is 8.69. The van der Waals surface area contributed by atoms with Gasteiger partial charge in [-0.15, -0.1) is 4.36 Å². The minimum atomic E-state index is -2.59. The molecule has 27 heavy (non-hydrogen) atoms. The Morgan fingerprint density at radius 1 is 1.37 bits per heavy atom. The van der Waals surface area contributed by atoms with E-state index in [4.69, 9.17) is 17.0 Å². The summed E-state index contributed by atoms with van der Waals surface area (Å²) in [5, 5.41) is 5.83.